The van der Waals surface area contributed by atoms with E-state index in [0.717, 1.165) is 0 Å². The van der Waals surface area contributed by atoms with E-state index in [-0.39, 0.29) is 23.5 Å². The van der Waals surface area contributed by atoms with Gasteiger partial charge in [0, 0.05) is 22.0 Å². The minimum atomic E-state index is -0.531. The Morgan fingerprint density at radius 2 is 1.85 bits per heavy atom. The fourth-order valence-corrected chi connectivity index (χ4v) is 2.37. The number of carbonyl (C=O) groups excluding carboxylic acids is 1. The van der Waals surface area contributed by atoms with Crippen LogP contribution in [-0.2, 0) is 6.42 Å². The fourth-order valence-electron chi connectivity index (χ4n) is 1.84. The van der Waals surface area contributed by atoms with Gasteiger partial charge in [0.05, 0.1) is 7.11 Å². The molecule has 0 fully saturated rings. The maximum Gasteiger partial charge on any atom is 0.168 e. The predicted molar refractivity (Wildman–Crippen MR) is 77.4 cm³/mol. The minimum Gasteiger partial charge on any atom is -0.494 e. The van der Waals surface area contributed by atoms with E-state index in [1.54, 1.807) is 12.1 Å². The molecule has 0 spiro atoms. The summed E-state index contributed by atoms with van der Waals surface area (Å²) in [6.07, 6.45) is -0.0836. The highest BCUT2D eigenvalue weighted by molar-refractivity contribution is 6.35. The summed E-state index contributed by atoms with van der Waals surface area (Å²) >= 11 is 11.7. The van der Waals surface area contributed by atoms with Crippen molar-refractivity contribution >= 4 is 29.0 Å². The third kappa shape index (κ3) is 3.30. The molecule has 0 radical (unpaired) electrons. The first-order chi connectivity index (χ1) is 9.51. The molecule has 0 bridgehead atoms. The Kier molecular flexibility index (Phi) is 4.63. The molecule has 2 aromatic rings. The number of benzene rings is 2. The Hall–Kier alpha value is -1.58. The van der Waals surface area contributed by atoms with Gasteiger partial charge in [-0.15, -0.1) is 0 Å². The van der Waals surface area contributed by atoms with E-state index < -0.39 is 5.82 Å². The van der Waals surface area contributed by atoms with Gasteiger partial charge in [0.2, 0.25) is 0 Å². The van der Waals surface area contributed by atoms with Gasteiger partial charge in [-0.25, -0.2) is 4.39 Å². The fraction of sp³-hybridized carbons (Fsp3) is 0.133. The molecule has 0 aromatic heterocycles. The van der Waals surface area contributed by atoms with Crippen molar-refractivity contribution in [2.45, 2.75) is 6.42 Å². The normalized spacial score (nSPS) is 10.4. The van der Waals surface area contributed by atoms with Crippen LogP contribution in [-0.4, -0.2) is 12.9 Å². The lowest BCUT2D eigenvalue weighted by Gasteiger charge is -2.07. The molecule has 104 valence electrons. The summed E-state index contributed by atoms with van der Waals surface area (Å²) < 4.78 is 18.9. The second-order valence-corrected chi connectivity index (χ2v) is 5.06. The summed E-state index contributed by atoms with van der Waals surface area (Å²) in [4.78, 5) is 12.1. The molecule has 0 atom stereocenters. The molecule has 0 aliphatic heterocycles. The number of hydrogen-bond donors (Lipinski definition) is 0. The van der Waals surface area contributed by atoms with Crippen LogP contribution in [0.2, 0.25) is 10.0 Å². The predicted octanol–water partition coefficient (Wildman–Crippen LogP) is 4.57. The maximum atomic E-state index is 14.0. The Morgan fingerprint density at radius 1 is 1.20 bits per heavy atom. The molecule has 0 saturated carbocycles. The lowest BCUT2D eigenvalue weighted by molar-refractivity contribution is 0.0991. The second kappa shape index (κ2) is 6.25. The van der Waals surface area contributed by atoms with Crippen LogP contribution in [0.4, 0.5) is 4.39 Å². The standard InChI is InChI=1S/C15H11Cl2FO2/c1-20-14-4-2-3-9(15(14)18)7-13(19)10-5-11(16)8-12(17)6-10/h2-6,8H,7H2,1H3. The quantitative estimate of drug-likeness (QED) is 0.773. The van der Waals surface area contributed by atoms with Gasteiger partial charge in [-0.05, 0) is 29.8 Å². The van der Waals surface area contributed by atoms with E-state index in [2.05, 4.69) is 0 Å². The van der Waals surface area contributed by atoms with Crippen molar-refractivity contribution in [3.05, 3.63) is 63.4 Å². The number of ether oxygens (including phenoxy) is 1. The molecule has 2 nitrogen and oxygen atoms in total. The van der Waals surface area contributed by atoms with Crippen LogP contribution < -0.4 is 4.74 Å². The zero-order chi connectivity index (χ0) is 14.7. The van der Waals surface area contributed by atoms with E-state index in [1.165, 1.54) is 31.4 Å². The summed E-state index contributed by atoms with van der Waals surface area (Å²) in [6, 6.07) is 9.23. The molecule has 2 aromatic carbocycles. The monoisotopic (exact) mass is 312 g/mol. The molecule has 0 aliphatic rings. The van der Waals surface area contributed by atoms with Gasteiger partial charge < -0.3 is 4.74 Å². The largest absolute Gasteiger partial charge is 0.494 e. The average molecular weight is 313 g/mol. The van der Waals surface area contributed by atoms with E-state index in [0.29, 0.717) is 15.6 Å². The summed E-state index contributed by atoms with van der Waals surface area (Å²) in [5.41, 5.74) is 0.621. The van der Waals surface area contributed by atoms with Crippen LogP contribution in [0, 0.1) is 5.82 Å². The first kappa shape index (κ1) is 14.8. The van der Waals surface area contributed by atoms with E-state index in [9.17, 15) is 9.18 Å². The summed E-state index contributed by atoms with van der Waals surface area (Å²) in [7, 11) is 1.38. The van der Waals surface area contributed by atoms with Gasteiger partial charge in [0.15, 0.2) is 17.3 Å². The highest BCUT2D eigenvalue weighted by Crippen LogP contribution is 2.23. The Balaban J connectivity index is 2.28. The molecule has 0 aliphatic carbocycles. The average Bonchev–Trinajstić information content (AvgIpc) is 2.40. The Bertz CT molecular complexity index is 636. The number of Topliss-reactive ketones (excluding diaryl/α,β-unsaturated/α-hetero) is 1. The summed E-state index contributed by atoms with van der Waals surface area (Å²) in [5.74, 6) is -0.683. The van der Waals surface area contributed by atoms with Crippen molar-refractivity contribution in [2.24, 2.45) is 0 Å². The molecule has 20 heavy (non-hydrogen) atoms. The number of ketones is 1. The first-order valence-corrected chi connectivity index (χ1v) is 6.57. The van der Waals surface area contributed by atoms with Gasteiger partial charge in [0.25, 0.3) is 0 Å². The third-order valence-corrected chi connectivity index (χ3v) is 3.24. The number of halogens is 3. The zero-order valence-electron chi connectivity index (χ0n) is 10.6. The van der Waals surface area contributed by atoms with E-state index >= 15 is 0 Å². The van der Waals surface area contributed by atoms with Crippen molar-refractivity contribution in [3.63, 3.8) is 0 Å². The molecular formula is C15H11Cl2FO2. The lowest BCUT2D eigenvalue weighted by Crippen LogP contribution is -2.06. The summed E-state index contributed by atoms with van der Waals surface area (Å²) in [5, 5.41) is 0.735. The van der Waals surface area contributed by atoms with E-state index in [1.807, 2.05) is 0 Å². The molecule has 0 unspecified atom stereocenters. The topological polar surface area (TPSA) is 26.3 Å². The smallest absolute Gasteiger partial charge is 0.168 e. The Labute approximate surface area is 126 Å². The molecule has 0 amide bonds. The highest BCUT2D eigenvalue weighted by Gasteiger charge is 2.14. The van der Waals surface area contributed by atoms with Crippen LogP contribution in [0.1, 0.15) is 15.9 Å². The van der Waals surface area contributed by atoms with Gasteiger partial charge >= 0.3 is 0 Å². The van der Waals surface area contributed by atoms with Gasteiger partial charge in [-0.1, -0.05) is 35.3 Å². The molecule has 2 rings (SSSR count). The molecular weight excluding hydrogens is 302 g/mol. The number of carbonyl (C=O) groups is 1. The third-order valence-electron chi connectivity index (χ3n) is 2.80. The van der Waals surface area contributed by atoms with Crippen LogP contribution in [0.25, 0.3) is 0 Å². The van der Waals surface area contributed by atoms with Crippen molar-refractivity contribution in [2.75, 3.05) is 7.11 Å². The van der Waals surface area contributed by atoms with Crippen molar-refractivity contribution < 1.29 is 13.9 Å². The summed E-state index contributed by atoms with van der Waals surface area (Å²) in [6.45, 7) is 0. The SMILES string of the molecule is COc1cccc(CC(=O)c2cc(Cl)cc(Cl)c2)c1F. The second-order valence-electron chi connectivity index (χ2n) is 4.19. The van der Waals surface area contributed by atoms with Crippen LogP contribution in [0.5, 0.6) is 5.75 Å². The molecule has 0 N–H and O–H groups in total. The van der Waals surface area contributed by atoms with Crippen LogP contribution in [0.15, 0.2) is 36.4 Å². The van der Waals surface area contributed by atoms with E-state index in [4.69, 9.17) is 27.9 Å². The van der Waals surface area contributed by atoms with Crippen molar-refractivity contribution in [1.82, 2.24) is 0 Å². The number of methoxy groups -OCH3 is 1. The van der Waals surface area contributed by atoms with Gasteiger partial charge in [-0.3, -0.25) is 4.79 Å². The Morgan fingerprint density at radius 3 is 2.45 bits per heavy atom. The molecule has 5 heteroatoms. The van der Waals surface area contributed by atoms with Crippen molar-refractivity contribution in [1.29, 1.82) is 0 Å². The van der Waals surface area contributed by atoms with Crippen LogP contribution >= 0.6 is 23.2 Å². The van der Waals surface area contributed by atoms with Gasteiger partial charge in [-0.2, -0.15) is 0 Å². The minimum absolute atomic E-state index is 0.0836. The first-order valence-electron chi connectivity index (χ1n) is 5.82. The number of rotatable bonds is 4. The number of hydrogen-bond acceptors (Lipinski definition) is 2. The molecule has 0 heterocycles. The van der Waals surface area contributed by atoms with Gasteiger partial charge in [0.1, 0.15) is 0 Å². The zero-order valence-corrected chi connectivity index (χ0v) is 12.1. The maximum absolute atomic E-state index is 14.0. The lowest BCUT2D eigenvalue weighted by atomic mass is 10.0. The molecule has 0 saturated heterocycles. The van der Waals surface area contributed by atoms with Crippen molar-refractivity contribution in [3.8, 4) is 5.75 Å². The van der Waals surface area contributed by atoms with Crippen LogP contribution in [0.3, 0.4) is 0 Å². The highest BCUT2D eigenvalue weighted by atomic mass is 35.5.